The molecule has 1 aliphatic heterocycles. The van der Waals surface area contributed by atoms with Crippen molar-refractivity contribution in [1.82, 2.24) is 0 Å². The van der Waals surface area contributed by atoms with Crippen molar-refractivity contribution in [2.75, 3.05) is 16.8 Å². The van der Waals surface area contributed by atoms with Crippen LogP contribution in [0.25, 0.3) is 0 Å². The second kappa shape index (κ2) is 8.26. The molecule has 3 rings (SSSR count). The number of carbonyl (C=O) groups excluding carboxylic acids is 1. The fourth-order valence-electron chi connectivity index (χ4n) is 2.45. The highest BCUT2D eigenvalue weighted by molar-refractivity contribution is 8.16. The van der Waals surface area contributed by atoms with E-state index in [9.17, 15) is 18.0 Å². The van der Waals surface area contributed by atoms with E-state index in [1.165, 1.54) is 18.6 Å². The Labute approximate surface area is 157 Å². The zero-order valence-corrected chi connectivity index (χ0v) is 15.2. The fourth-order valence-corrected chi connectivity index (χ4v) is 5.33. The maximum absolute atomic E-state index is 12.3. The van der Waals surface area contributed by atoms with Gasteiger partial charge in [0, 0.05) is 11.3 Å². The van der Waals surface area contributed by atoms with Gasteiger partial charge >= 0.3 is 6.36 Å². The molecule has 0 unspecified atom stereocenters. The number of nitrogens with one attached hydrogen (secondary N) is 1. The highest BCUT2D eigenvalue weighted by Gasteiger charge is 2.31. The van der Waals surface area contributed by atoms with Gasteiger partial charge in [0.1, 0.15) is 5.75 Å². The van der Waals surface area contributed by atoms with Crippen molar-refractivity contribution in [3.63, 3.8) is 0 Å². The number of thioether (sulfide) groups is 2. The lowest BCUT2D eigenvalue weighted by Crippen LogP contribution is -2.17. The molecular formula is C18H16F3NO2S2. The molecule has 1 saturated heterocycles. The molecule has 3 nitrogen and oxygen atoms in total. The van der Waals surface area contributed by atoms with Gasteiger partial charge in [-0.3, -0.25) is 4.79 Å². The van der Waals surface area contributed by atoms with Crippen LogP contribution in [0.5, 0.6) is 5.75 Å². The van der Waals surface area contributed by atoms with Gasteiger partial charge in [-0.2, -0.15) is 0 Å². The van der Waals surface area contributed by atoms with Gasteiger partial charge in [0.05, 0.1) is 4.58 Å². The molecule has 2 aromatic carbocycles. The number of amides is 1. The molecule has 0 spiro atoms. The minimum Gasteiger partial charge on any atom is -0.406 e. The average molecular weight is 399 g/mol. The first-order valence-electron chi connectivity index (χ1n) is 7.91. The predicted molar refractivity (Wildman–Crippen MR) is 99.8 cm³/mol. The molecule has 0 bridgehead atoms. The summed E-state index contributed by atoms with van der Waals surface area (Å²) < 4.78 is 40.7. The predicted octanol–water partition coefficient (Wildman–Crippen LogP) is 5.71. The Bertz CT molecular complexity index is 760. The molecule has 138 valence electrons. The van der Waals surface area contributed by atoms with Gasteiger partial charge in [-0.05, 0) is 59.9 Å². The lowest BCUT2D eigenvalue weighted by atomic mass is 10.2. The van der Waals surface area contributed by atoms with E-state index < -0.39 is 6.36 Å². The second-order valence-corrected chi connectivity index (χ2v) is 8.30. The summed E-state index contributed by atoms with van der Waals surface area (Å²) in [5, 5.41) is 2.78. The number of alkyl halides is 3. The van der Waals surface area contributed by atoms with Crippen molar-refractivity contribution in [2.45, 2.75) is 17.4 Å². The quantitative estimate of drug-likeness (QED) is 0.715. The molecule has 0 aliphatic carbocycles. The first kappa shape index (κ1) is 19.0. The summed E-state index contributed by atoms with van der Waals surface area (Å²) >= 11 is 3.78. The third kappa shape index (κ3) is 5.35. The maximum Gasteiger partial charge on any atom is 0.573 e. The molecule has 1 heterocycles. The van der Waals surface area contributed by atoms with Crippen molar-refractivity contribution >= 4 is 35.1 Å². The summed E-state index contributed by atoms with van der Waals surface area (Å²) in [7, 11) is 0. The zero-order chi connectivity index (χ0) is 18.6. The van der Waals surface area contributed by atoms with Crippen molar-refractivity contribution in [1.29, 1.82) is 0 Å². The first-order valence-corrected chi connectivity index (χ1v) is 10.0. The van der Waals surface area contributed by atoms with Gasteiger partial charge in [0.25, 0.3) is 5.91 Å². The monoisotopic (exact) mass is 399 g/mol. The Morgan fingerprint density at radius 2 is 1.77 bits per heavy atom. The Hall–Kier alpha value is -1.80. The molecule has 0 radical (unpaired) electrons. The largest absolute Gasteiger partial charge is 0.573 e. The molecule has 0 atom stereocenters. The standard InChI is InChI=1S/C18H16F3NO2S2/c19-18(20,21)24-15-7-5-12(6-8-15)16(23)22-14-4-1-3-13(11-14)17-25-9-2-10-26-17/h1,3-8,11,17H,2,9-10H2,(H,22,23). The van der Waals surface area contributed by atoms with Crippen LogP contribution in [-0.4, -0.2) is 23.8 Å². The highest BCUT2D eigenvalue weighted by Crippen LogP contribution is 2.44. The molecule has 26 heavy (non-hydrogen) atoms. The van der Waals surface area contributed by atoms with Gasteiger partial charge in [0.2, 0.25) is 0 Å². The normalized spacial score (nSPS) is 15.5. The Balaban J connectivity index is 1.66. The van der Waals surface area contributed by atoms with Crippen LogP contribution < -0.4 is 10.1 Å². The molecule has 1 N–H and O–H groups in total. The Morgan fingerprint density at radius 3 is 2.42 bits per heavy atom. The molecular weight excluding hydrogens is 383 g/mol. The van der Waals surface area contributed by atoms with Gasteiger partial charge in [-0.1, -0.05) is 12.1 Å². The molecule has 1 fully saturated rings. The van der Waals surface area contributed by atoms with Gasteiger partial charge in [0.15, 0.2) is 0 Å². The Morgan fingerprint density at radius 1 is 1.08 bits per heavy atom. The van der Waals surface area contributed by atoms with E-state index in [2.05, 4.69) is 10.1 Å². The van der Waals surface area contributed by atoms with Crippen molar-refractivity contribution in [3.05, 3.63) is 59.7 Å². The minimum absolute atomic E-state index is 0.256. The number of rotatable bonds is 4. The molecule has 0 aromatic heterocycles. The van der Waals surface area contributed by atoms with Crippen LogP contribution in [0.15, 0.2) is 48.5 Å². The molecule has 0 saturated carbocycles. The minimum atomic E-state index is -4.75. The van der Waals surface area contributed by atoms with E-state index >= 15 is 0 Å². The summed E-state index contributed by atoms with van der Waals surface area (Å²) in [5.41, 5.74) is 2.06. The highest BCUT2D eigenvalue weighted by atomic mass is 32.2. The van der Waals surface area contributed by atoms with E-state index in [0.717, 1.165) is 29.2 Å². The molecule has 8 heteroatoms. The molecule has 2 aromatic rings. The van der Waals surface area contributed by atoms with E-state index in [-0.39, 0.29) is 17.2 Å². The number of halogens is 3. The third-order valence-corrected chi connectivity index (χ3v) is 6.61. The van der Waals surface area contributed by atoms with Crippen LogP contribution in [0.2, 0.25) is 0 Å². The fraction of sp³-hybridized carbons (Fsp3) is 0.278. The van der Waals surface area contributed by atoms with Crippen LogP contribution in [0, 0.1) is 0 Å². The number of anilines is 1. The zero-order valence-electron chi connectivity index (χ0n) is 13.6. The topological polar surface area (TPSA) is 38.3 Å². The van der Waals surface area contributed by atoms with Crippen LogP contribution in [0.4, 0.5) is 18.9 Å². The lowest BCUT2D eigenvalue weighted by Gasteiger charge is -2.21. The van der Waals surface area contributed by atoms with Gasteiger partial charge in [-0.15, -0.1) is 36.7 Å². The van der Waals surface area contributed by atoms with E-state index in [0.29, 0.717) is 10.3 Å². The number of ether oxygens (including phenoxy) is 1. The number of benzene rings is 2. The second-order valence-electron chi connectivity index (χ2n) is 5.58. The molecule has 1 amide bonds. The average Bonchev–Trinajstić information content (AvgIpc) is 2.62. The summed E-state index contributed by atoms with van der Waals surface area (Å²) in [4.78, 5) is 12.3. The van der Waals surface area contributed by atoms with Crippen molar-refractivity contribution in [2.24, 2.45) is 0 Å². The van der Waals surface area contributed by atoms with Gasteiger partial charge < -0.3 is 10.1 Å². The number of hydrogen-bond acceptors (Lipinski definition) is 4. The maximum atomic E-state index is 12.3. The smallest absolute Gasteiger partial charge is 0.406 e. The molecule has 1 aliphatic rings. The summed E-state index contributed by atoms with van der Waals surface area (Å²) in [6, 6.07) is 12.5. The summed E-state index contributed by atoms with van der Waals surface area (Å²) in [5.74, 6) is 1.51. The van der Waals surface area contributed by atoms with Crippen LogP contribution >= 0.6 is 23.5 Å². The van der Waals surface area contributed by atoms with Crippen LogP contribution in [0.1, 0.15) is 26.9 Å². The van der Waals surface area contributed by atoms with Crippen molar-refractivity contribution < 1.29 is 22.7 Å². The Kier molecular flexibility index (Phi) is 6.03. The summed E-state index contributed by atoms with van der Waals surface area (Å²) in [6.45, 7) is 0. The van der Waals surface area contributed by atoms with Crippen LogP contribution in [0.3, 0.4) is 0 Å². The van der Waals surface area contributed by atoms with Gasteiger partial charge in [-0.25, -0.2) is 0 Å². The van der Waals surface area contributed by atoms with E-state index in [1.54, 1.807) is 6.07 Å². The van der Waals surface area contributed by atoms with E-state index in [4.69, 9.17) is 0 Å². The van der Waals surface area contributed by atoms with E-state index in [1.807, 2.05) is 41.7 Å². The van der Waals surface area contributed by atoms with Crippen LogP contribution in [-0.2, 0) is 0 Å². The summed E-state index contributed by atoms with van der Waals surface area (Å²) in [6.07, 6.45) is -3.55. The van der Waals surface area contributed by atoms with Crippen molar-refractivity contribution in [3.8, 4) is 5.75 Å². The first-order chi connectivity index (χ1) is 12.4. The SMILES string of the molecule is O=C(Nc1cccc(C2SCCCS2)c1)c1ccc(OC(F)(F)F)cc1. The number of carbonyl (C=O) groups is 1. The third-order valence-electron chi connectivity index (χ3n) is 3.59. The number of hydrogen-bond donors (Lipinski definition) is 1. The lowest BCUT2D eigenvalue weighted by molar-refractivity contribution is -0.274.